The van der Waals surface area contributed by atoms with Crippen molar-refractivity contribution in [3.8, 4) is 28.5 Å². The highest BCUT2D eigenvalue weighted by molar-refractivity contribution is 5.79. The standard InChI is InChI=1S/C21H16FN3O/c1-13-7-10-18(21-23-12-14-5-3-4-6-17(14)25-21)24-20(13)16-9-8-15(22)11-19(16)26-2/h3-12H,1-2H3. The van der Waals surface area contributed by atoms with Crippen LogP contribution < -0.4 is 4.74 Å². The van der Waals surface area contributed by atoms with Gasteiger partial charge in [-0.25, -0.2) is 19.3 Å². The molecule has 0 unspecified atom stereocenters. The van der Waals surface area contributed by atoms with Gasteiger partial charge in [-0.05, 0) is 36.8 Å². The highest BCUT2D eigenvalue weighted by Gasteiger charge is 2.14. The van der Waals surface area contributed by atoms with E-state index in [0.717, 1.165) is 27.7 Å². The summed E-state index contributed by atoms with van der Waals surface area (Å²) in [6.45, 7) is 1.95. The van der Waals surface area contributed by atoms with Gasteiger partial charge in [0.05, 0.1) is 18.3 Å². The number of hydrogen-bond donors (Lipinski definition) is 0. The fraction of sp³-hybridized carbons (Fsp3) is 0.0952. The first-order chi connectivity index (χ1) is 12.7. The van der Waals surface area contributed by atoms with Gasteiger partial charge < -0.3 is 4.74 Å². The molecule has 128 valence electrons. The van der Waals surface area contributed by atoms with Crippen molar-refractivity contribution in [1.82, 2.24) is 15.0 Å². The Morgan fingerprint density at radius 2 is 1.81 bits per heavy atom. The molecule has 0 atom stereocenters. The van der Waals surface area contributed by atoms with Gasteiger partial charge in [0.1, 0.15) is 17.3 Å². The Labute approximate surface area is 150 Å². The molecule has 2 aromatic carbocycles. The number of aromatic nitrogens is 3. The maximum atomic E-state index is 13.5. The number of nitrogens with zero attached hydrogens (tertiary/aromatic N) is 3. The highest BCUT2D eigenvalue weighted by Crippen LogP contribution is 2.32. The second-order valence-corrected chi connectivity index (χ2v) is 5.96. The number of pyridine rings is 1. The van der Waals surface area contributed by atoms with Crippen LogP contribution in [-0.4, -0.2) is 22.1 Å². The lowest BCUT2D eigenvalue weighted by atomic mass is 10.0. The van der Waals surface area contributed by atoms with E-state index in [-0.39, 0.29) is 5.82 Å². The summed E-state index contributed by atoms with van der Waals surface area (Å²) in [7, 11) is 1.52. The molecule has 5 heteroatoms. The first kappa shape index (κ1) is 16.1. The maximum absolute atomic E-state index is 13.5. The average molecular weight is 345 g/mol. The predicted octanol–water partition coefficient (Wildman–Crippen LogP) is 4.81. The van der Waals surface area contributed by atoms with Crippen LogP contribution in [0.15, 0.2) is 60.8 Å². The molecule has 4 aromatic rings. The molecule has 4 nitrogen and oxygen atoms in total. The number of methoxy groups -OCH3 is 1. The highest BCUT2D eigenvalue weighted by atomic mass is 19.1. The molecule has 0 N–H and O–H groups in total. The fourth-order valence-corrected chi connectivity index (χ4v) is 2.88. The number of benzene rings is 2. The molecule has 0 spiro atoms. The molecule has 26 heavy (non-hydrogen) atoms. The summed E-state index contributed by atoms with van der Waals surface area (Å²) >= 11 is 0. The number of para-hydroxylation sites is 1. The summed E-state index contributed by atoms with van der Waals surface area (Å²) < 4.78 is 18.9. The number of aryl methyl sites for hydroxylation is 1. The molecule has 0 aliphatic rings. The van der Waals surface area contributed by atoms with Crippen molar-refractivity contribution < 1.29 is 9.13 Å². The Balaban J connectivity index is 1.86. The van der Waals surface area contributed by atoms with E-state index in [1.165, 1.54) is 19.2 Å². The van der Waals surface area contributed by atoms with E-state index in [4.69, 9.17) is 9.72 Å². The zero-order valence-corrected chi connectivity index (χ0v) is 14.4. The molecule has 4 rings (SSSR count). The van der Waals surface area contributed by atoms with Crippen molar-refractivity contribution >= 4 is 10.9 Å². The number of halogens is 1. The Morgan fingerprint density at radius 1 is 0.962 bits per heavy atom. The van der Waals surface area contributed by atoms with Gasteiger partial charge in [-0.15, -0.1) is 0 Å². The summed E-state index contributed by atoms with van der Waals surface area (Å²) in [6, 6.07) is 16.1. The minimum Gasteiger partial charge on any atom is -0.496 e. The number of fused-ring (bicyclic) bond motifs is 1. The largest absolute Gasteiger partial charge is 0.496 e. The third kappa shape index (κ3) is 2.88. The summed E-state index contributed by atoms with van der Waals surface area (Å²) in [5.41, 5.74) is 3.92. The molecule has 0 saturated heterocycles. The number of hydrogen-bond acceptors (Lipinski definition) is 4. The average Bonchev–Trinajstić information content (AvgIpc) is 2.68. The van der Waals surface area contributed by atoms with Crippen LogP contribution in [0.25, 0.3) is 33.7 Å². The summed E-state index contributed by atoms with van der Waals surface area (Å²) in [5, 5.41) is 0.976. The monoisotopic (exact) mass is 345 g/mol. The van der Waals surface area contributed by atoms with Gasteiger partial charge in [0.15, 0.2) is 5.82 Å². The van der Waals surface area contributed by atoms with Crippen molar-refractivity contribution in [2.45, 2.75) is 6.92 Å². The lowest BCUT2D eigenvalue weighted by molar-refractivity contribution is 0.413. The van der Waals surface area contributed by atoms with Crippen LogP contribution >= 0.6 is 0 Å². The van der Waals surface area contributed by atoms with Crippen molar-refractivity contribution in [1.29, 1.82) is 0 Å². The van der Waals surface area contributed by atoms with Crippen molar-refractivity contribution in [3.63, 3.8) is 0 Å². The Hall–Kier alpha value is -3.34. The molecule has 0 fully saturated rings. The molecule has 0 bridgehead atoms. The van der Waals surface area contributed by atoms with Crippen LogP contribution in [0.3, 0.4) is 0 Å². The summed E-state index contributed by atoms with van der Waals surface area (Å²) in [4.78, 5) is 13.8. The number of ether oxygens (including phenoxy) is 1. The van der Waals surface area contributed by atoms with Crippen LogP contribution in [0.2, 0.25) is 0 Å². The Bertz CT molecular complexity index is 1110. The van der Waals surface area contributed by atoms with Gasteiger partial charge in [0.2, 0.25) is 0 Å². The molecule has 0 saturated carbocycles. The van der Waals surface area contributed by atoms with E-state index in [2.05, 4.69) is 9.97 Å². The van der Waals surface area contributed by atoms with Crippen molar-refractivity contribution in [2.24, 2.45) is 0 Å². The summed E-state index contributed by atoms with van der Waals surface area (Å²) in [6.07, 6.45) is 1.79. The molecular formula is C21H16FN3O. The molecule has 2 heterocycles. The van der Waals surface area contributed by atoms with Gasteiger partial charge in [0.25, 0.3) is 0 Å². The van der Waals surface area contributed by atoms with E-state index in [0.29, 0.717) is 17.3 Å². The van der Waals surface area contributed by atoms with Gasteiger partial charge in [-0.1, -0.05) is 24.3 Å². The SMILES string of the molecule is COc1cc(F)ccc1-c1nc(-c2ncc3ccccc3n2)ccc1C. The van der Waals surface area contributed by atoms with Crippen molar-refractivity contribution in [3.05, 3.63) is 72.2 Å². The lowest BCUT2D eigenvalue weighted by Gasteiger charge is -2.12. The Kier molecular flexibility index (Phi) is 4.05. The minimum atomic E-state index is -0.350. The predicted molar refractivity (Wildman–Crippen MR) is 99.5 cm³/mol. The van der Waals surface area contributed by atoms with Gasteiger partial charge in [0, 0.05) is 23.2 Å². The van der Waals surface area contributed by atoms with Crippen LogP contribution in [0.1, 0.15) is 5.56 Å². The van der Waals surface area contributed by atoms with E-state index in [1.54, 1.807) is 12.3 Å². The summed E-state index contributed by atoms with van der Waals surface area (Å²) in [5.74, 6) is 0.639. The van der Waals surface area contributed by atoms with Crippen molar-refractivity contribution in [2.75, 3.05) is 7.11 Å². The topological polar surface area (TPSA) is 47.9 Å². The molecular weight excluding hydrogens is 329 g/mol. The minimum absolute atomic E-state index is 0.350. The second-order valence-electron chi connectivity index (χ2n) is 5.96. The van der Waals surface area contributed by atoms with E-state index in [9.17, 15) is 4.39 Å². The molecule has 0 radical (unpaired) electrons. The third-order valence-electron chi connectivity index (χ3n) is 4.23. The maximum Gasteiger partial charge on any atom is 0.178 e. The molecule has 0 amide bonds. The molecule has 0 aliphatic heterocycles. The van der Waals surface area contributed by atoms with E-state index in [1.807, 2.05) is 43.3 Å². The zero-order valence-electron chi connectivity index (χ0n) is 14.4. The first-order valence-electron chi connectivity index (χ1n) is 8.19. The quantitative estimate of drug-likeness (QED) is 0.534. The normalized spacial score (nSPS) is 10.9. The molecule has 0 aliphatic carbocycles. The second kappa shape index (κ2) is 6.52. The molecule has 2 aromatic heterocycles. The Morgan fingerprint density at radius 3 is 2.65 bits per heavy atom. The van der Waals surface area contributed by atoms with Crippen LogP contribution in [-0.2, 0) is 0 Å². The zero-order chi connectivity index (χ0) is 18.1. The van der Waals surface area contributed by atoms with Crippen LogP contribution in [0.4, 0.5) is 4.39 Å². The number of rotatable bonds is 3. The third-order valence-corrected chi connectivity index (χ3v) is 4.23. The fourth-order valence-electron chi connectivity index (χ4n) is 2.88. The van der Waals surface area contributed by atoms with E-state index >= 15 is 0 Å². The van der Waals surface area contributed by atoms with Crippen LogP contribution in [0.5, 0.6) is 5.75 Å². The first-order valence-corrected chi connectivity index (χ1v) is 8.19. The van der Waals surface area contributed by atoms with Gasteiger partial charge in [-0.2, -0.15) is 0 Å². The van der Waals surface area contributed by atoms with Gasteiger partial charge >= 0.3 is 0 Å². The van der Waals surface area contributed by atoms with Crippen LogP contribution in [0, 0.1) is 12.7 Å². The van der Waals surface area contributed by atoms with Gasteiger partial charge in [-0.3, -0.25) is 0 Å². The smallest absolute Gasteiger partial charge is 0.178 e. The van der Waals surface area contributed by atoms with E-state index < -0.39 is 0 Å². The lowest BCUT2D eigenvalue weighted by Crippen LogP contribution is -1.98.